The van der Waals surface area contributed by atoms with Gasteiger partial charge in [-0.1, -0.05) is 103 Å². The second kappa shape index (κ2) is 14.1. The van der Waals surface area contributed by atoms with Crippen molar-refractivity contribution in [3.05, 3.63) is 120 Å². The lowest BCUT2D eigenvalue weighted by atomic mass is 9.92. The average Bonchev–Trinajstić information content (AvgIpc) is 3.02. The number of hydrogen-bond donors (Lipinski definition) is 1. The Kier molecular flexibility index (Phi) is 9.76. The summed E-state index contributed by atoms with van der Waals surface area (Å²) in [6.45, 7) is 1.58. The van der Waals surface area contributed by atoms with Crippen molar-refractivity contribution in [2.24, 2.45) is 0 Å². The molecule has 204 valence electrons. The van der Waals surface area contributed by atoms with Crippen LogP contribution < -0.4 is 5.32 Å². The van der Waals surface area contributed by atoms with Crippen molar-refractivity contribution >= 4 is 6.09 Å². The fourth-order valence-electron chi connectivity index (χ4n) is 4.87. The summed E-state index contributed by atoms with van der Waals surface area (Å²) in [7, 11) is 0. The summed E-state index contributed by atoms with van der Waals surface area (Å²) in [5.41, 5.74) is 3.14. The first kappa shape index (κ1) is 27.1. The summed E-state index contributed by atoms with van der Waals surface area (Å²) < 4.78 is 31.8. The number of ether oxygens (including phenoxy) is 5. The van der Waals surface area contributed by atoms with Crippen LogP contribution in [0.3, 0.4) is 0 Å². The van der Waals surface area contributed by atoms with Gasteiger partial charge in [-0.2, -0.15) is 0 Å². The van der Waals surface area contributed by atoms with Crippen LogP contribution in [0.1, 0.15) is 23.1 Å². The van der Waals surface area contributed by atoms with E-state index in [1.165, 1.54) is 0 Å². The fourth-order valence-corrected chi connectivity index (χ4v) is 4.87. The van der Waals surface area contributed by atoms with Crippen molar-refractivity contribution in [3.8, 4) is 0 Å². The number of nitrogens with one attached hydrogen (secondary N) is 1. The fraction of sp³-hybridized carbons (Fsp3) is 0.344. The minimum Gasteiger partial charge on any atom is -0.447 e. The monoisotopic (exact) mass is 529 g/mol. The highest BCUT2D eigenvalue weighted by molar-refractivity contribution is 5.67. The topological polar surface area (TPSA) is 75.3 Å². The van der Waals surface area contributed by atoms with Gasteiger partial charge in [0.1, 0.15) is 31.0 Å². The van der Waals surface area contributed by atoms with Gasteiger partial charge in [-0.15, -0.1) is 0 Å². The summed E-state index contributed by atoms with van der Waals surface area (Å²) in [6.07, 6.45) is 1.74. The number of carbonyl (C=O) groups is 1. The quantitative estimate of drug-likeness (QED) is 0.384. The maximum Gasteiger partial charge on any atom is 0.407 e. The molecule has 1 fully saturated rings. The first-order valence-corrected chi connectivity index (χ1v) is 13.4. The lowest BCUT2D eigenvalue weighted by Gasteiger charge is -2.46. The van der Waals surface area contributed by atoms with Crippen LogP contribution in [0, 0.1) is 0 Å². The van der Waals surface area contributed by atoms with E-state index >= 15 is 0 Å². The van der Waals surface area contributed by atoms with Gasteiger partial charge in [0.2, 0.25) is 0 Å². The highest BCUT2D eigenvalue weighted by Gasteiger charge is 2.48. The summed E-state index contributed by atoms with van der Waals surface area (Å²) >= 11 is 0. The highest BCUT2D eigenvalue weighted by Crippen LogP contribution is 2.32. The van der Waals surface area contributed by atoms with Crippen LogP contribution in [0.5, 0.6) is 0 Å². The first-order valence-electron chi connectivity index (χ1n) is 13.4. The molecule has 1 N–H and O–H groups in total. The van der Waals surface area contributed by atoms with Crippen molar-refractivity contribution in [3.63, 3.8) is 0 Å². The van der Waals surface area contributed by atoms with Gasteiger partial charge in [0.25, 0.3) is 0 Å². The van der Waals surface area contributed by atoms with Crippen molar-refractivity contribution in [1.29, 1.82) is 0 Å². The van der Waals surface area contributed by atoms with Crippen LogP contribution in [0.15, 0.2) is 103 Å². The van der Waals surface area contributed by atoms with E-state index in [-0.39, 0.29) is 12.7 Å². The summed E-state index contributed by atoms with van der Waals surface area (Å²) in [5, 5.41) is 2.74. The lowest BCUT2D eigenvalue weighted by Crippen LogP contribution is -2.61. The Bertz CT molecular complexity index is 1170. The molecule has 5 atom stereocenters. The summed E-state index contributed by atoms with van der Waals surface area (Å²) in [6, 6.07) is 30.1. The van der Waals surface area contributed by atoms with Gasteiger partial charge in [0, 0.05) is 6.54 Å². The number of rotatable bonds is 9. The Morgan fingerprint density at radius 2 is 1.13 bits per heavy atom. The van der Waals surface area contributed by atoms with E-state index in [0.29, 0.717) is 32.8 Å². The van der Waals surface area contributed by atoms with E-state index in [1.807, 2.05) is 103 Å². The SMILES string of the molecule is O=C1NCC=CC[C@@H]2O[C@H](CO1)[C@H](OCc1ccccc1)[C@H](OCc1ccccc1)[C@H]2OCc1ccccc1. The molecule has 3 aromatic carbocycles. The molecule has 7 heteroatoms. The third-order valence-electron chi connectivity index (χ3n) is 6.86. The zero-order valence-corrected chi connectivity index (χ0v) is 21.9. The van der Waals surface area contributed by atoms with Crippen molar-refractivity contribution in [2.75, 3.05) is 13.2 Å². The van der Waals surface area contributed by atoms with Crippen LogP contribution in [-0.4, -0.2) is 49.8 Å². The zero-order valence-electron chi connectivity index (χ0n) is 21.9. The number of amides is 1. The number of hydrogen-bond acceptors (Lipinski definition) is 6. The molecule has 2 heterocycles. The van der Waals surface area contributed by atoms with Crippen LogP contribution in [0.25, 0.3) is 0 Å². The van der Waals surface area contributed by atoms with Gasteiger partial charge in [0.15, 0.2) is 0 Å². The van der Waals surface area contributed by atoms with Gasteiger partial charge in [-0.3, -0.25) is 0 Å². The maximum atomic E-state index is 12.3. The highest BCUT2D eigenvalue weighted by atomic mass is 16.6. The van der Waals surface area contributed by atoms with Gasteiger partial charge in [-0.05, 0) is 23.1 Å². The third-order valence-corrected chi connectivity index (χ3v) is 6.86. The van der Waals surface area contributed by atoms with Crippen LogP contribution >= 0.6 is 0 Å². The lowest BCUT2D eigenvalue weighted by molar-refractivity contribution is -0.269. The molecular formula is C32H35NO6. The Hall–Kier alpha value is -3.49. The Morgan fingerprint density at radius 1 is 0.641 bits per heavy atom. The number of alkyl carbamates (subject to hydrolysis) is 1. The number of benzene rings is 3. The Morgan fingerprint density at radius 3 is 1.67 bits per heavy atom. The molecule has 0 aliphatic carbocycles. The molecule has 2 aliphatic heterocycles. The molecule has 0 aromatic heterocycles. The van der Waals surface area contributed by atoms with E-state index in [9.17, 15) is 4.79 Å². The minimum absolute atomic E-state index is 0.0401. The number of cyclic esters (lactones) is 1. The molecule has 0 saturated carbocycles. The molecule has 1 saturated heterocycles. The largest absolute Gasteiger partial charge is 0.447 e. The molecule has 2 aliphatic rings. The molecule has 0 unspecified atom stereocenters. The molecule has 1 amide bonds. The molecular weight excluding hydrogens is 494 g/mol. The maximum absolute atomic E-state index is 12.3. The number of fused-ring (bicyclic) bond motifs is 2. The predicted octanol–water partition coefficient (Wildman–Crippen LogP) is 5.20. The van der Waals surface area contributed by atoms with Crippen molar-refractivity contribution in [2.45, 2.75) is 56.8 Å². The van der Waals surface area contributed by atoms with Gasteiger partial charge in [-0.25, -0.2) is 4.79 Å². The normalized spacial score (nSPS) is 25.2. The van der Waals surface area contributed by atoms with E-state index in [1.54, 1.807) is 0 Å². The molecule has 0 spiro atoms. The van der Waals surface area contributed by atoms with E-state index in [2.05, 4.69) is 5.32 Å². The van der Waals surface area contributed by atoms with Gasteiger partial charge >= 0.3 is 6.09 Å². The molecule has 2 bridgehead atoms. The molecule has 39 heavy (non-hydrogen) atoms. The summed E-state index contributed by atoms with van der Waals surface area (Å²) in [4.78, 5) is 12.3. The first-order chi connectivity index (χ1) is 19.3. The van der Waals surface area contributed by atoms with Crippen molar-refractivity contribution < 1.29 is 28.5 Å². The third kappa shape index (κ3) is 7.77. The molecule has 7 nitrogen and oxygen atoms in total. The minimum atomic E-state index is -0.538. The van der Waals surface area contributed by atoms with Crippen molar-refractivity contribution in [1.82, 2.24) is 5.32 Å². The average molecular weight is 530 g/mol. The van der Waals surface area contributed by atoms with E-state index < -0.39 is 30.5 Å². The van der Waals surface area contributed by atoms with Crippen LogP contribution in [0.2, 0.25) is 0 Å². The van der Waals surface area contributed by atoms with Crippen LogP contribution in [0.4, 0.5) is 4.79 Å². The van der Waals surface area contributed by atoms with E-state index in [4.69, 9.17) is 23.7 Å². The van der Waals surface area contributed by atoms with Crippen LogP contribution in [-0.2, 0) is 43.5 Å². The number of carbonyl (C=O) groups excluding carboxylic acids is 1. The molecule has 3 aromatic rings. The molecule has 5 rings (SSSR count). The predicted molar refractivity (Wildman–Crippen MR) is 147 cm³/mol. The van der Waals surface area contributed by atoms with Gasteiger partial charge in [0.05, 0.1) is 25.9 Å². The second-order valence-corrected chi connectivity index (χ2v) is 9.68. The second-order valence-electron chi connectivity index (χ2n) is 9.68. The zero-order chi connectivity index (χ0) is 26.7. The molecule has 0 radical (unpaired) electrons. The van der Waals surface area contributed by atoms with Gasteiger partial charge < -0.3 is 29.0 Å². The summed E-state index contributed by atoms with van der Waals surface area (Å²) in [5.74, 6) is 0. The van der Waals surface area contributed by atoms with E-state index in [0.717, 1.165) is 16.7 Å². The Labute approximate surface area is 229 Å². The standard InChI is InChI=1S/C32H35NO6/c34-32-33-19-11-10-18-27-29(35-20-24-12-4-1-5-13-24)31(37-22-26-16-8-3-9-17-26)30(28(39-27)23-38-32)36-21-25-14-6-2-7-15-25/h1-17,27-31H,18-23H2,(H,33,34)/t27-,28+,29-,30-,31+/m0/s1. The smallest absolute Gasteiger partial charge is 0.407 e. The Balaban J connectivity index is 1.44.